The second-order valence-electron chi connectivity index (χ2n) is 8.47. The third kappa shape index (κ3) is 4.69. The minimum absolute atomic E-state index is 0.0262. The second-order valence-corrected chi connectivity index (χ2v) is 10.4. The van der Waals surface area contributed by atoms with Gasteiger partial charge in [-0.05, 0) is 49.9 Å². The molecular formula is C24H28N4O3S. The number of aromatic nitrogens is 1. The van der Waals surface area contributed by atoms with Gasteiger partial charge in [-0.1, -0.05) is 37.5 Å². The molecule has 8 heteroatoms. The van der Waals surface area contributed by atoms with E-state index in [0.29, 0.717) is 18.3 Å². The van der Waals surface area contributed by atoms with Crippen LogP contribution in [-0.2, 0) is 10.0 Å². The van der Waals surface area contributed by atoms with E-state index in [1.807, 2.05) is 24.3 Å². The molecule has 168 valence electrons. The Morgan fingerprint density at radius 1 is 0.969 bits per heavy atom. The summed E-state index contributed by atoms with van der Waals surface area (Å²) in [4.78, 5) is 18.2. The normalized spacial score (nSPS) is 19.5. The van der Waals surface area contributed by atoms with Crippen LogP contribution in [0.1, 0.15) is 55.3 Å². The smallest absolute Gasteiger partial charge is 0.244 e. The molecule has 1 saturated heterocycles. The van der Waals surface area contributed by atoms with Crippen LogP contribution in [0.3, 0.4) is 0 Å². The minimum Gasteiger partial charge on any atom is -0.274 e. The Labute approximate surface area is 189 Å². The molecule has 1 aromatic carbocycles. The fraction of sp³-hybridized carbons (Fsp3) is 0.458. The van der Waals surface area contributed by atoms with Gasteiger partial charge in [0.15, 0.2) is 0 Å². The molecule has 2 heterocycles. The molecule has 0 amide bonds. The number of pyridine rings is 1. The average molecular weight is 453 g/mol. The van der Waals surface area contributed by atoms with Crippen LogP contribution in [0.15, 0.2) is 58.5 Å². The van der Waals surface area contributed by atoms with Crippen molar-refractivity contribution in [2.75, 3.05) is 13.1 Å². The van der Waals surface area contributed by atoms with E-state index in [4.69, 9.17) is 4.99 Å². The number of hydrogen-bond donors (Lipinski definition) is 0. The van der Waals surface area contributed by atoms with E-state index in [1.165, 1.54) is 35.7 Å². The first-order valence-corrected chi connectivity index (χ1v) is 12.7. The fourth-order valence-corrected chi connectivity index (χ4v) is 6.20. The molecule has 1 aromatic heterocycles. The molecule has 4 rings (SSSR count). The third-order valence-corrected chi connectivity index (χ3v) is 8.35. The lowest BCUT2D eigenvalue weighted by Gasteiger charge is -2.31. The van der Waals surface area contributed by atoms with Crippen molar-refractivity contribution in [3.63, 3.8) is 0 Å². The number of hydrogen-bond acceptors (Lipinski definition) is 5. The van der Waals surface area contributed by atoms with Crippen molar-refractivity contribution >= 4 is 15.9 Å². The van der Waals surface area contributed by atoms with Crippen LogP contribution in [0, 0.1) is 17.2 Å². The predicted octanol–water partition coefficient (Wildman–Crippen LogP) is 3.33. The topological polar surface area (TPSA) is 95.5 Å². The Bertz CT molecular complexity index is 1180. The lowest BCUT2D eigenvalue weighted by Crippen LogP contribution is -2.43. The first-order chi connectivity index (χ1) is 15.5. The fourth-order valence-electron chi connectivity index (χ4n) is 4.59. The van der Waals surface area contributed by atoms with Crippen molar-refractivity contribution < 1.29 is 13.2 Å². The van der Waals surface area contributed by atoms with Crippen LogP contribution >= 0.6 is 0 Å². The molecule has 2 fully saturated rings. The molecule has 0 radical (unpaired) electrons. The first-order valence-electron chi connectivity index (χ1n) is 11.3. The number of carbonyl (C=O) groups is 1. The van der Waals surface area contributed by atoms with Gasteiger partial charge in [0.25, 0.3) is 0 Å². The number of sulfonamides is 1. The van der Waals surface area contributed by atoms with E-state index in [9.17, 15) is 18.5 Å². The molecule has 1 saturated carbocycles. The summed E-state index contributed by atoms with van der Waals surface area (Å²) in [6.45, 7) is 0.502. The zero-order valence-electron chi connectivity index (χ0n) is 18.1. The van der Waals surface area contributed by atoms with Gasteiger partial charge in [0.1, 0.15) is 11.6 Å². The van der Waals surface area contributed by atoms with E-state index in [2.05, 4.69) is 0 Å². The summed E-state index contributed by atoms with van der Waals surface area (Å²) in [5, 5.41) is 9.28. The van der Waals surface area contributed by atoms with Crippen molar-refractivity contribution in [3.05, 3.63) is 59.7 Å². The van der Waals surface area contributed by atoms with E-state index in [0.717, 1.165) is 12.8 Å². The van der Waals surface area contributed by atoms with Crippen LogP contribution < -0.4 is 5.49 Å². The lowest BCUT2D eigenvalue weighted by molar-refractivity contribution is 0.0780. The molecule has 1 aliphatic heterocycles. The summed E-state index contributed by atoms with van der Waals surface area (Å²) in [5.74, 6) is -0.296. The number of rotatable bonds is 4. The standard InChI is InChI=1S/C24H28N4O3S/c25-18-20-8-4-5-11-22(20)32(30,31)27-16-13-19(14-17-27)24(29)28-15-7-6-12-23(28)26-21-9-2-1-3-10-21/h4-8,11-12,15,19,21H,1-3,9-10,13-14,16-17H2. The Hall–Kier alpha value is -2.76. The highest BCUT2D eigenvalue weighted by molar-refractivity contribution is 7.89. The second kappa shape index (κ2) is 9.80. The number of piperidine rings is 1. The van der Waals surface area contributed by atoms with Gasteiger partial charge in [0.2, 0.25) is 15.9 Å². The molecule has 0 bridgehead atoms. The Morgan fingerprint density at radius 3 is 2.38 bits per heavy atom. The third-order valence-electron chi connectivity index (χ3n) is 6.39. The molecule has 2 aromatic rings. The molecular weight excluding hydrogens is 424 g/mol. The number of nitriles is 1. The van der Waals surface area contributed by atoms with Crippen molar-refractivity contribution in [3.8, 4) is 6.07 Å². The van der Waals surface area contributed by atoms with Crippen LogP contribution in [0.25, 0.3) is 0 Å². The zero-order valence-corrected chi connectivity index (χ0v) is 18.9. The zero-order chi connectivity index (χ0) is 22.6. The van der Waals surface area contributed by atoms with Gasteiger partial charge in [-0.15, -0.1) is 0 Å². The van der Waals surface area contributed by atoms with Crippen LogP contribution in [0.2, 0.25) is 0 Å². The lowest BCUT2D eigenvalue weighted by atomic mass is 9.96. The van der Waals surface area contributed by atoms with E-state index in [-0.39, 0.29) is 41.4 Å². The van der Waals surface area contributed by atoms with Gasteiger partial charge in [0.05, 0.1) is 16.5 Å². The molecule has 0 N–H and O–H groups in total. The van der Waals surface area contributed by atoms with Crippen molar-refractivity contribution in [1.82, 2.24) is 8.87 Å². The molecule has 0 spiro atoms. The number of benzene rings is 1. The van der Waals surface area contributed by atoms with Gasteiger partial charge in [-0.25, -0.2) is 8.42 Å². The van der Waals surface area contributed by atoms with Gasteiger partial charge in [-0.2, -0.15) is 9.57 Å². The summed E-state index contributed by atoms with van der Waals surface area (Å²) < 4.78 is 29.1. The van der Waals surface area contributed by atoms with Crippen molar-refractivity contribution in [2.45, 2.75) is 55.9 Å². The monoisotopic (exact) mass is 452 g/mol. The highest BCUT2D eigenvalue weighted by Crippen LogP contribution is 2.26. The number of carbonyl (C=O) groups excluding carboxylic acids is 1. The van der Waals surface area contributed by atoms with Crippen LogP contribution in [-0.4, -0.2) is 42.3 Å². The highest BCUT2D eigenvalue weighted by atomic mass is 32.2. The highest BCUT2D eigenvalue weighted by Gasteiger charge is 2.33. The summed E-state index contributed by atoms with van der Waals surface area (Å²) in [5.41, 5.74) is 0.821. The molecule has 2 aliphatic rings. The predicted molar refractivity (Wildman–Crippen MR) is 120 cm³/mol. The summed E-state index contributed by atoms with van der Waals surface area (Å²) in [7, 11) is -3.77. The Morgan fingerprint density at radius 2 is 1.66 bits per heavy atom. The number of nitrogens with zero attached hydrogens (tertiary/aromatic N) is 4. The molecule has 1 aliphatic carbocycles. The van der Waals surface area contributed by atoms with Gasteiger partial charge >= 0.3 is 0 Å². The largest absolute Gasteiger partial charge is 0.274 e. The van der Waals surface area contributed by atoms with E-state index >= 15 is 0 Å². The maximum absolute atomic E-state index is 13.3. The van der Waals surface area contributed by atoms with Crippen LogP contribution in [0.4, 0.5) is 0 Å². The molecule has 0 unspecified atom stereocenters. The minimum atomic E-state index is -3.77. The van der Waals surface area contributed by atoms with Gasteiger partial charge in [0, 0.05) is 25.2 Å². The van der Waals surface area contributed by atoms with Crippen LogP contribution in [0.5, 0.6) is 0 Å². The first kappa shape index (κ1) is 22.4. The Balaban J connectivity index is 1.49. The summed E-state index contributed by atoms with van der Waals surface area (Å²) in [6, 6.07) is 14.1. The maximum Gasteiger partial charge on any atom is 0.244 e. The van der Waals surface area contributed by atoms with Crippen molar-refractivity contribution in [1.29, 1.82) is 5.26 Å². The van der Waals surface area contributed by atoms with Crippen molar-refractivity contribution in [2.24, 2.45) is 10.9 Å². The van der Waals surface area contributed by atoms with Gasteiger partial charge in [-0.3, -0.25) is 14.4 Å². The van der Waals surface area contributed by atoms with E-state index < -0.39 is 10.0 Å². The van der Waals surface area contributed by atoms with Gasteiger partial charge < -0.3 is 0 Å². The summed E-state index contributed by atoms with van der Waals surface area (Å²) >= 11 is 0. The van der Waals surface area contributed by atoms with E-state index in [1.54, 1.807) is 22.9 Å². The quantitative estimate of drug-likeness (QED) is 0.711. The SMILES string of the molecule is N#Cc1ccccc1S(=O)(=O)N1CCC(C(=O)n2ccccc2=NC2CCCCC2)CC1. The molecule has 7 nitrogen and oxygen atoms in total. The molecule has 32 heavy (non-hydrogen) atoms. The maximum atomic E-state index is 13.3. The molecule has 0 atom stereocenters. The average Bonchev–Trinajstić information content (AvgIpc) is 2.84. The summed E-state index contributed by atoms with van der Waals surface area (Å²) in [6.07, 6.45) is 8.37. The Kier molecular flexibility index (Phi) is 6.87.